The van der Waals surface area contributed by atoms with Crippen LogP contribution in [0.3, 0.4) is 0 Å². The molecule has 3 heterocycles. The number of imidazole rings is 1. The summed E-state index contributed by atoms with van der Waals surface area (Å²) in [6.07, 6.45) is 8.25. The average Bonchev–Trinajstić information content (AvgIpc) is 3.17. The lowest BCUT2D eigenvalue weighted by atomic mass is 10.2. The molecule has 0 bridgehead atoms. The normalized spacial score (nSPS) is 12.5. The van der Waals surface area contributed by atoms with Gasteiger partial charge in [-0.3, -0.25) is 4.68 Å². The molecule has 0 aliphatic carbocycles. The Balaban J connectivity index is 1.99. The Morgan fingerprint density at radius 2 is 2.24 bits per heavy atom. The van der Waals surface area contributed by atoms with Crippen LogP contribution < -0.4 is 5.32 Å². The summed E-state index contributed by atoms with van der Waals surface area (Å²) < 4.78 is 9.39. The maximum atomic E-state index is 5.58. The summed E-state index contributed by atoms with van der Waals surface area (Å²) in [5, 5.41) is 7.97. The zero-order chi connectivity index (χ0) is 14.8. The Kier molecular flexibility index (Phi) is 3.51. The average molecular weight is 285 g/mol. The number of aryl methyl sites for hydroxylation is 3. The molecule has 1 atom stereocenters. The molecule has 0 saturated heterocycles. The highest BCUT2D eigenvalue weighted by molar-refractivity contribution is 5.49. The molecule has 1 unspecified atom stereocenters. The lowest BCUT2D eigenvalue weighted by Crippen LogP contribution is -2.16. The Morgan fingerprint density at radius 3 is 2.86 bits per heavy atom. The fraction of sp³-hybridized carbons (Fsp3) is 0.333. The largest absolute Gasteiger partial charge is 0.467 e. The van der Waals surface area contributed by atoms with Gasteiger partial charge < -0.3 is 14.3 Å². The molecule has 3 aromatic heterocycles. The second-order valence-electron chi connectivity index (χ2n) is 5.01. The third-order valence-corrected chi connectivity index (χ3v) is 3.48. The third-order valence-electron chi connectivity index (χ3n) is 3.48. The van der Waals surface area contributed by atoms with Crippen molar-refractivity contribution in [2.24, 2.45) is 14.1 Å². The Labute approximate surface area is 123 Å². The molecule has 110 valence electrons. The summed E-state index contributed by atoms with van der Waals surface area (Å²) in [5.74, 6) is 1.73. The van der Waals surface area contributed by atoms with Crippen LogP contribution in [0.25, 0.3) is 0 Å². The molecule has 0 amide bonds. The number of nitrogens with zero attached hydrogens (tertiary/aromatic N) is 4. The van der Waals surface area contributed by atoms with Crippen molar-refractivity contribution in [3.63, 3.8) is 0 Å². The van der Waals surface area contributed by atoms with Gasteiger partial charge in [-0.25, -0.2) is 4.98 Å². The summed E-state index contributed by atoms with van der Waals surface area (Å²) in [5.41, 5.74) is 2.03. The summed E-state index contributed by atoms with van der Waals surface area (Å²) in [4.78, 5) is 4.44. The van der Waals surface area contributed by atoms with Crippen molar-refractivity contribution >= 4 is 5.69 Å². The van der Waals surface area contributed by atoms with Crippen molar-refractivity contribution in [2.45, 2.75) is 19.4 Å². The number of hydrogen-bond acceptors (Lipinski definition) is 4. The molecular formula is C15H19N5O. The molecule has 3 aromatic rings. The van der Waals surface area contributed by atoms with Gasteiger partial charge in [-0.05, 0) is 18.6 Å². The molecule has 21 heavy (non-hydrogen) atoms. The van der Waals surface area contributed by atoms with Crippen LogP contribution >= 0.6 is 0 Å². The number of furan rings is 1. The first-order valence-corrected chi connectivity index (χ1v) is 6.98. The second kappa shape index (κ2) is 5.47. The number of rotatable bonds is 5. The molecule has 0 aromatic carbocycles. The van der Waals surface area contributed by atoms with Crippen LogP contribution in [0, 0.1) is 0 Å². The van der Waals surface area contributed by atoms with Crippen LogP contribution in [-0.4, -0.2) is 19.3 Å². The minimum absolute atomic E-state index is 0.144. The summed E-state index contributed by atoms with van der Waals surface area (Å²) in [6.45, 7) is 2.09. The fourth-order valence-electron chi connectivity index (χ4n) is 2.45. The number of anilines is 1. The van der Waals surface area contributed by atoms with Gasteiger partial charge in [0.15, 0.2) is 0 Å². The maximum Gasteiger partial charge on any atom is 0.143 e. The van der Waals surface area contributed by atoms with E-state index in [1.807, 2.05) is 47.9 Å². The van der Waals surface area contributed by atoms with Crippen LogP contribution in [0.1, 0.15) is 30.2 Å². The van der Waals surface area contributed by atoms with E-state index in [9.17, 15) is 0 Å². The molecule has 0 radical (unpaired) electrons. The van der Waals surface area contributed by atoms with E-state index in [1.165, 1.54) is 0 Å². The van der Waals surface area contributed by atoms with E-state index in [0.717, 1.165) is 29.4 Å². The Bertz CT molecular complexity index is 710. The highest BCUT2D eigenvalue weighted by atomic mass is 16.3. The first kappa shape index (κ1) is 13.5. The maximum absolute atomic E-state index is 5.58. The van der Waals surface area contributed by atoms with Gasteiger partial charge in [-0.15, -0.1) is 0 Å². The molecule has 6 heteroatoms. The van der Waals surface area contributed by atoms with Crippen LogP contribution in [0.4, 0.5) is 5.69 Å². The molecular weight excluding hydrogens is 266 g/mol. The van der Waals surface area contributed by atoms with Crippen LogP contribution in [-0.2, 0) is 20.5 Å². The van der Waals surface area contributed by atoms with E-state index in [0.29, 0.717) is 0 Å². The van der Waals surface area contributed by atoms with E-state index in [2.05, 4.69) is 22.3 Å². The van der Waals surface area contributed by atoms with Gasteiger partial charge >= 0.3 is 0 Å². The van der Waals surface area contributed by atoms with Crippen LogP contribution in [0.15, 0.2) is 41.4 Å². The van der Waals surface area contributed by atoms with Crippen LogP contribution in [0.2, 0.25) is 0 Å². The van der Waals surface area contributed by atoms with Crippen molar-refractivity contribution in [1.82, 2.24) is 19.3 Å². The predicted molar refractivity (Wildman–Crippen MR) is 80.0 cm³/mol. The number of nitrogens with one attached hydrogen (secondary N) is 1. The Hall–Kier alpha value is -2.50. The monoisotopic (exact) mass is 285 g/mol. The minimum atomic E-state index is -0.144. The molecule has 1 N–H and O–H groups in total. The quantitative estimate of drug-likeness (QED) is 0.782. The van der Waals surface area contributed by atoms with Crippen molar-refractivity contribution in [3.05, 3.63) is 54.3 Å². The first-order chi connectivity index (χ1) is 10.2. The Morgan fingerprint density at radius 1 is 1.38 bits per heavy atom. The van der Waals surface area contributed by atoms with Crippen LogP contribution in [0.5, 0.6) is 0 Å². The SMILES string of the molecule is CCc1nn(C)cc1NC(c1ccco1)c1nccn1C. The molecule has 0 aliphatic rings. The van der Waals surface area contributed by atoms with Gasteiger partial charge in [0, 0.05) is 32.7 Å². The number of aromatic nitrogens is 4. The smallest absolute Gasteiger partial charge is 0.143 e. The minimum Gasteiger partial charge on any atom is -0.467 e. The van der Waals surface area contributed by atoms with E-state index >= 15 is 0 Å². The zero-order valence-corrected chi connectivity index (χ0v) is 12.4. The van der Waals surface area contributed by atoms with E-state index in [4.69, 9.17) is 4.42 Å². The molecule has 0 fully saturated rings. The topological polar surface area (TPSA) is 60.8 Å². The molecule has 3 rings (SSSR count). The van der Waals surface area contributed by atoms with Gasteiger partial charge in [-0.1, -0.05) is 6.92 Å². The van der Waals surface area contributed by atoms with E-state index in [-0.39, 0.29) is 6.04 Å². The lowest BCUT2D eigenvalue weighted by Gasteiger charge is -2.17. The summed E-state index contributed by atoms with van der Waals surface area (Å²) in [6, 6.07) is 3.69. The van der Waals surface area contributed by atoms with Crippen molar-refractivity contribution < 1.29 is 4.42 Å². The summed E-state index contributed by atoms with van der Waals surface area (Å²) >= 11 is 0. The molecule has 0 aliphatic heterocycles. The fourth-order valence-corrected chi connectivity index (χ4v) is 2.45. The van der Waals surface area contributed by atoms with Gasteiger partial charge in [0.25, 0.3) is 0 Å². The third kappa shape index (κ3) is 2.56. The predicted octanol–water partition coefficient (Wildman–Crippen LogP) is 2.51. The van der Waals surface area contributed by atoms with Gasteiger partial charge in [0.05, 0.1) is 17.6 Å². The molecule has 0 spiro atoms. The van der Waals surface area contributed by atoms with E-state index < -0.39 is 0 Å². The highest BCUT2D eigenvalue weighted by Gasteiger charge is 2.22. The molecule has 6 nitrogen and oxygen atoms in total. The van der Waals surface area contributed by atoms with Gasteiger partial charge in [0.1, 0.15) is 17.6 Å². The first-order valence-electron chi connectivity index (χ1n) is 6.98. The highest BCUT2D eigenvalue weighted by Crippen LogP contribution is 2.27. The van der Waals surface area contributed by atoms with Gasteiger partial charge in [0.2, 0.25) is 0 Å². The molecule has 0 saturated carbocycles. The zero-order valence-electron chi connectivity index (χ0n) is 12.4. The standard InChI is InChI=1S/C15H19N5O/c1-4-11-12(10-20(3)18-11)17-14(13-6-5-9-21-13)15-16-7-8-19(15)2/h5-10,14,17H,4H2,1-3H3. The van der Waals surface area contributed by atoms with Crippen molar-refractivity contribution in [1.29, 1.82) is 0 Å². The summed E-state index contributed by atoms with van der Waals surface area (Å²) in [7, 11) is 3.90. The van der Waals surface area contributed by atoms with Crippen molar-refractivity contribution in [3.8, 4) is 0 Å². The lowest BCUT2D eigenvalue weighted by molar-refractivity contribution is 0.488. The van der Waals surface area contributed by atoms with Gasteiger partial charge in [-0.2, -0.15) is 5.10 Å². The second-order valence-corrected chi connectivity index (χ2v) is 5.01. The van der Waals surface area contributed by atoms with Crippen molar-refractivity contribution in [2.75, 3.05) is 5.32 Å². The number of hydrogen-bond donors (Lipinski definition) is 1. The van der Waals surface area contributed by atoms with E-state index in [1.54, 1.807) is 12.5 Å².